The lowest BCUT2D eigenvalue weighted by Crippen LogP contribution is -2.26. The second-order valence-electron chi connectivity index (χ2n) is 6.36. The largest absolute Gasteiger partial charge is 0.461 e. The molecule has 0 N–H and O–H groups in total. The molecule has 23 heavy (non-hydrogen) atoms. The Bertz CT molecular complexity index is 523. The van der Waals surface area contributed by atoms with Crippen molar-refractivity contribution >= 4 is 0 Å². The molecule has 1 heterocycles. The van der Waals surface area contributed by atoms with Gasteiger partial charge in [-0.15, -0.1) is 0 Å². The molecule has 0 saturated heterocycles. The Hall–Kier alpha value is -1.16. The van der Waals surface area contributed by atoms with Gasteiger partial charge >= 0.3 is 0 Å². The van der Waals surface area contributed by atoms with E-state index in [-0.39, 0.29) is 11.7 Å². The normalized spacial score (nSPS) is 26.6. The zero-order chi connectivity index (χ0) is 17.0. The van der Waals surface area contributed by atoms with Crippen LogP contribution in [0.1, 0.15) is 69.9 Å². The molecule has 2 aliphatic rings. The highest BCUT2D eigenvalue weighted by atomic mass is 19.2. The zero-order valence-corrected chi connectivity index (χ0v) is 14.6. The molecule has 4 heteroatoms. The highest BCUT2D eigenvalue weighted by molar-refractivity contribution is 5.42. The maximum Gasteiger partial charge on any atom is 0.201 e. The average molecular weight is 326 g/mol. The Morgan fingerprint density at radius 1 is 1.04 bits per heavy atom. The monoisotopic (exact) mass is 326 g/mol. The van der Waals surface area contributed by atoms with Crippen molar-refractivity contribution in [2.75, 3.05) is 7.11 Å². The second kappa shape index (κ2) is 8.09. The maximum absolute atomic E-state index is 14.4. The summed E-state index contributed by atoms with van der Waals surface area (Å²) in [5.41, 5.74) is 1.31. The van der Waals surface area contributed by atoms with E-state index in [1.807, 2.05) is 19.9 Å². The SMILES string of the molecule is CC.COC1CCc2cc(C3CCC(C)CC3)c(F)c(F)c2O1. The summed E-state index contributed by atoms with van der Waals surface area (Å²) >= 11 is 0. The summed E-state index contributed by atoms with van der Waals surface area (Å²) < 4.78 is 39.2. The number of aryl methyl sites for hydroxylation is 1. The van der Waals surface area contributed by atoms with Crippen LogP contribution in [0.4, 0.5) is 8.78 Å². The molecule has 130 valence electrons. The van der Waals surface area contributed by atoms with Gasteiger partial charge in [-0.1, -0.05) is 33.6 Å². The first kappa shape index (κ1) is 18.2. The van der Waals surface area contributed by atoms with E-state index < -0.39 is 17.9 Å². The predicted molar refractivity (Wildman–Crippen MR) is 87.8 cm³/mol. The minimum Gasteiger partial charge on any atom is -0.461 e. The van der Waals surface area contributed by atoms with Crippen molar-refractivity contribution in [3.05, 3.63) is 28.8 Å². The van der Waals surface area contributed by atoms with Gasteiger partial charge in [-0.3, -0.25) is 0 Å². The molecule has 3 rings (SSSR count). The third kappa shape index (κ3) is 3.85. The zero-order valence-electron chi connectivity index (χ0n) is 14.6. The van der Waals surface area contributed by atoms with E-state index >= 15 is 0 Å². The van der Waals surface area contributed by atoms with Crippen LogP contribution in [-0.2, 0) is 11.2 Å². The number of hydrogen-bond acceptors (Lipinski definition) is 2. The van der Waals surface area contributed by atoms with Gasteiger partial charge in [0.15, 0.2) is 17.9 Å². The van der Waals surface area contributed by atoms with Gasteiger partial charge in [0.2, 0.25) is 5.82 Å². The molecule has 1 aliphatic carbocycles. The quantitative estimate of drug-likeness (QED) is 0.706. The number of methoxy groups -OCH3 is 1. The van der Waals surface area contributed by atoms with Crippen LogP contribution in [0.15, 0.2) is 6.07 Å². The van der Waals surface area contributed by atoms with Crippen LogP contribution >= 0.6 is 0 Å². The summed E-state index contributed by atoms with van der Waals surface area (Å²) in [6.45, 7) is 6.22. The van der Waals surface area contributed by atoms with Gasteiger partial charge in [-0.2, -0.15) is 4.39 Å². The van der Waals surface area contributed by atoms with Crippen molar-refractivity contribution in [3.63, 3.8) is 0 Å². The van der Waals surface area contributed by atoms with Gasteiger partial charge in [0.1, 0.15) is 0 Å². The molecule has 2 nitrogen and oxygen atoms in total. The molecule has 1 aliphatic heterocycles. The first-order chi connectivity index (χ1) is 11.1. The van der Waals surface area contributed by atoms with E-state index in [9.17, 15) is 8.78 Å². The Morgan fingerprint density at radius 3 is 2.30 bits per heavy atom. The maximum atomic E-state index is 14.4. The standard InChI is InChI=1S/C17H22F2O2.C2H6/c1-10-3-5-11(6-4-10)13-9-12-7-8-14(20-2)21-17(12)16(19)15(13)18;1-2/h9-11,14H,3-8H2,1-2H3;1-2H3. The smallest absolute Gasteiger partial charge is 0.201 e. The van der Waals surface area contributed by atoms with E-state index in [1.54, 1.807) is 0 Å². The predicted octanol–water partition coefficient (Wildman–Crippen LogP) is 5.58. The number of hydrogen-bond donors (Lipinski definition) is 0. The van der Waals surface area contributed by atoms with Crippen molar-refractivity contribution < 1.29 is 18.3 Å². The topological polar surface area (TPSA) is 18.5 Å². The van der Waals surface area contributed by atoms with Gasteiger partial charge in [0.25, 0.3) is 0 Å². The van der Waals surface area contributed by atoms with Gasteiger partial charge in [0.05, 0.1) is 0 Å². The van der Waals surface area contributed by atoms with Gasteiger partial charge < -0.3 is 9.47 Å². The lowest BCUT2D eigenvalue weighted by molar-refractivity contribution is -0.0678. The van der Waals surface area contributed by atoms with E-state index in [4.69, 9.17) is 9.47 Å². The number of ether oxygens (including phenoxy) is 2. The van der Waals surface area contributed by atoms with Gasteiger partial charge in [-0.05, 0) is 48.3 Å². The Morgan fingerprint density at radius 2 is 1.70 bits per heavy atom. The number of fused-ring (bicyclic) bond motifs is 1. The minimum absolute atomic E-state index is 0.0403. The van der Waals surface area contributed by atoms with Crippen LogP contribution in [0.5, 0.6) is 5.75 Å². The van der Waals surface area contributed by atoms with E-state index in [1.165, 1.54) is 7.11 Å². The Kier molecular flexibility index (Phi) is 6.40. The van der Waals surface area contributed by atoms with Crippen LogP contribution < -0.4 is 4.74 Å². The van der Waals surface area contributed by atoms with Crippen LogP contribution in [0.25, 0.3) is 0 Å². The van der Waals surface area contributed by atoms with Crippen molar-refractivity contribution in [1.29, 1.82) is 0 Å². The van der Waals surface area contributed by atoms with Crippen molar-refractivity contribution in [2.24, 2.45) is 5.92 Å². The van der Waals surface area contributed by atoms with Crippen LogP contribution in [0, 0.1) is 17.6 Å². The van der Waals surface area contributed by atoms with Crippen LogP contribution in [-0.4, -0.2) is 13.4 Å². The number of benzene rings is 1. The first-order valence-electron chi connectivity index (χ1n) is 8.80. The molecular formula is C19H28F2O2. The van der Waals surface area contributed by atoms with E-state index in [2.05, 4.69) is 6.92 Å². The molecule has 1 saturated carbocycles. The molecule has 0 amide bonds. The summed E-state index contributed by atoms with van der Waals surface area (Å²) in [7, 11) is 1.52. The third-order valence-electron chi connectivity index (χ3n) is 4.88. The number of halogens is 2. The van der Waals surface area contributed by atoms with E-state index in [0.717, 1.165) is 31.2 Å². The molecule has 1 unspecified atom stereocenters. The summed E-state index contributed by atoms with van der Waals surface area (Å²) in [5, 5.41) is 0. The average Bonchev–Trinajstić information content (AvgIpc) is 2.60. The molecule has 0 aromatic heterocycles. The number of rotatable bonds is 2. The molecule has 1 aromatic rings. The molecular weight excluding hydrogens is 298 g/mol. The fourth-order valence-electron chi connectivity index (χ4n) is 3.49. The highest BCUT2D eigenvalue weighted by Crippen LogP contribution is 2.41. The highest BCUT2D eigenvalue weighted by Gasteiger charge is 2.30. The Labute approximate surface area is 138 Å². The van der Waals surface area contributed by atoms with E-state index in [0.29, 0.717) is 24.3 Å². The van der Waals surface area contributed by atoms with Crippen LogP contribution in [0.2, 0.25) is 0 Å². The summed E-state index contributed by atoms with van der Waals surface area (Å²) in [6.07, 6.45) is 4.93. The lowest BCUT2D eigenvalue weighted by atomic mass is 9.78. The molecule has 0 radical (unpaired) electrons. The molecule has 0 bridgehead atoms. The summed E-state index contributed by atoms with van der Waals surface area (Å²) in [5.74, 6) is -0.704. The Balaban J connectivity index is 0.000000924. The van der Waals surface area contributed by atoms with Crippen molar-refractivity contribution in [2.45, 2.75) is 71.5 Å². The molecule has 0 spiro atoms. The fraction of sp³-hybridized carbons (Fsp3) is 0.684. The summed E-state index contributed by atoms with van der Waals surface area (Å²) in [4.78, 5) is 0. The first-order valence-corrected chi connectivity index (χ1v) is 8.80. The van der Waals surface area contributed by atoms with Gasteiger partial charge in [-0.25, -0.2) is 4.39 Å². The molecule has 1 fully saturated rings. The second-order valence-corrected chi connectivity index (χ2v) is 6.36. The summed E-state index contributed by atoms with van der Waals surface area (Å²) in [6, 6.07) is 1.82. The minimum atomic E-state index is -0.845. The fourth-order valence-corrected chi connectivity index (χ4v) is 3.49. The lowest BCUT2D eigenvalue weighted by Gasteiger charge is -2.30. The molecule has 1 aromatic carbocycles. The molecule has 1 atom stereocenters. The van der Waals surface area contributed by atoms with Gasteiger partial charge in [0, 0.05) is 13.5 Å². The van der Waals surface area contributed by atoms with Crippen molar-refractivity contribution in [1.82, 2.24) is 0 Å². The third-order valence-corrected chi connectivity index (χ3v) is 4.88. The van der Waals surface area contributed by atoms with Crippen molar-refractivity contribution in [3.8, 4) is 5.75 Å². The van der Waals surface area contributed by atoms with Crippen LogP contribution in [0.3, 0.4) is 0 Å².